The molecule has 2 heterocycles. The maximum absolute atomic E-state index is 14.3. The zero-order chi connectivity index (χ0) is 17.6. The van der Waals surface area contributed by atoms with E-state index in [2.05, 4.69) is 15.5 Å². The normalized spacial score (nSPS) is 14.8. The highest BCUT2D eigenvalue weighted by Gasteiger charge is 2.14. The number of carbonyl (C=O) groups is 1. The summed E-state index contributed by atoms with van der Waals surface area (Å²) in [6.07, 6.45) is 3.81. The van der Waals surface area contributed by atoms with Gasteiger partial charge in [0.15, 0.2) is 0 Å². The molecule has 2 aromatic rings. The van der Waals surface area contributed by atoms with E-state index in [9.17, 15) is 9.18 Å². The summed E-state index contributed by atoms with van der Waals surface area (Å²) in [5, 5.41) is 5.75. The monoisotopic (exact) mass is 345 g/mol. The maximum atomic E-state index is 14.3. The Labute approximate surface area is 147 Å². The summed E-state index contributed by atoms with van der Waals surface area (Å²) in [5.74, 6) is 0.260. The number of carbonyl (C=O) groups excluding carboxylic acids is 1. The van der Waals surface area contributed by atoms with Crippen LogP contribution in [0.4, 0.5) is 4.39 Å². The molecular formula is C19H24FN3O2. The molecule has 0 atom stereocenters. The van der Waals surface area contributed by atoms with Crippen LogP contribution in [0.2, 0.25) is 0 Å². The summed E-state index contributed by atoms with van der Waals surface area (Å²) in [7, 11) is 1.81. The lowest BCUT2D eigenvalue weighted by Gasteiger charge is -2.15. The predicted molar refractivity (Wildman–Crippen MR) is 93.6 cm³/mol. The van der Waals surface area contributed by atoms with E-state index in [1.165, 1.54) is 25.2 Å². The molecule has 0 aliphatic carbocycles. The first-order chi connectivity index (χ1) is 12.2. The molecule has 3 rings (SSSR count). The van der Waals surface area contributed by atoms with E-state index in [4.69, 9.17) is 4.42 Å². The first-order valence-corrected chi connectivity index (χ1v) is 8.65. The Morgan fingerprint density at radius 1 is 1.24 bits per heavy atom. The van der Waals surface area contributed by atoms with Gasteiger partial charge in [-0.15, -0.1) is 0 Å². The maximum Gasteiger partial charge on any atom is 0.254 e. The largest absolute Gasteiger partial charge is 0.467 e. The fourth-order valence-corrected chi connectivity index (χ4v) is 3.06. The van der Waals surface area contributed by atoms with Gasteiger partial charge < -0.3 is 15.1 Å². The topological polar surface area (TPSA) is 57.5 Å². The van der Waals surface area contributed by atoms with Gasteiger partial charge in [-0.25, -0.2) is 4.39 Å². The van der Waals surface area contributed by atoms with E-state index < -0.39 is 0 Å². The highest BCUT2D eigenvalue weighted by Crippen LogP contribution is 2.17. The summed E-state index contributed by atoms with van der Waals surface area (Å²) in [5.41, 5.74) is 1.93. The standard InChI is InChI=1S/C19H24FN3O2/c1-21-11-17-9-16(13-25-17)19(24)22-10-14-4-5-15(18(20)8-14)12-23-6-2-3-7-23/h4-5,8-9,13,21H,2-3,6-7,10-12H2,1H3,(H,22,24). The van der Waals surface area contributed by atoms with Gasteiger partial charge in [0.2, 0.25) is 0 Å². The SMILES string of the molecule is CNCc1cc(C(=O)NCc2ccc(CN3CCCC3)c(F)c2)co1. The zero-order valence-electron chi connectivity index (χ0n) is 14.5. The van der Waals surface area contributed by atoms with Crippen molar-refractivity contribution in [1.82, 2.24) is 15.5 Å². The van der Waals surface area contributed by atoms with Crippen LogP contribution in [0, 0.1) is 5.82 Å². The average Bonchev–Trinajstić information content (AvgIpc) is 3.27. The summed E-state index contributed by atoms with van der Waals surface area (Å²) < 4.78 is 19.6. The molecule has 2 N–H and O–H groups in total. The van der Waals surface area contributed by atoms with Crippen molar-refractivity contribution >= 4 is 5.91 Å². The van der Waals surface area contributed by atoms with Crippen LogP contribution in [0.15, 0.2) is 34.9 Å². The number of amides is 1. The number of likely N-dealkylation sites (tertiary alicyclic amines) is 1. The van der Waals surface area contributed by atoms with Crippen molar-refractivity contribution in [3.8, 4) is 0 Å². The van der Waals surface area contributed by atoms with Gasteiger partial charge in [-0.2, -0.15) is 0 Å². The third-order valence-electron chi connectivity index (χ3n) is 4.43. The third kappa shape index (κ3) is 4.67. The summed E-state index contributed by atoms with van der Waals surface area (Å²) >= 11 is 0. The fourth-order valence-electron chi connectivity index (χ4n) is 3.06. The number of furan rings is 1. The van der Waals surface area contributed by atoms with Gasteiger partial charge in [-0.1, -0.05) is 12.1 Å². The van der Waals surface area contributed by atoms with Gasteiger partial charge in [0.05, 0.1) is 12.1 Å². The smallest absolute Gasteiger partial charge is 0.254 e. The van der Waals surface area contributed by atoms with Crippen LogP contribution in [-0.4, -0.2) is 30.9 Å². The Balaban J connectivity index is 1.55. The fraction of sp³-hybridized carbons (Fsp3) is 0.421. The molecule has 6 heteroatoms. The van der Waals surface area contributed by atoms with Crippen LogP contribution in [0.1, 0.15) is 40.1 Å². The number of halogens is 1. The summed E-state index contributed by atoms with van der Waals surface area (Å²) in [6.45, 7) is 3.58. The van der Waals surface area contributed by atoms with Crippen molar-refractivity contribution in [2.75, 3.05) is 20.1 Å². The Morgan fingerprint density at radius 3 is 2.76 bits per heavy atom. The molecule has 1 fully saturated rings. The molecule has 5 nitrogen and oxygen atoms in total. The quantitative estimate of drug-likeness (QED) is 0.810. The molecule has 1 aromatic heterocycles. The number of hydrogen-bond acceptors (Lipinski definition) is 4. The van der Waals surface area contributed by atoms with Gasteiger partial charge in [-0.3, -0.25) is 9.69 Å². The van der Waals surface area contributed by atoms with E-state index in [0.717, 1.165) is 18.7 Å². The number of nitrogens with zero attached hydrogens (tertiary/aromatic N) is 1. The molecule has 1 aliphatic rings. The van der Waals surface area contributed by atoms with E-state index in [0.29, 0.717) is 30.0 Å². The predicted octanol–water partition coefficient (Wildman–Crippen LogP) is 2.66. The average molecular weight is 345 g/mol. The van der Waals surface area contributed by atoms with Crippen molar-refractivity contribution in [3.63, 3.8) is 0 Å². The number of hydrogen-bond donors (Lipinski definition) is 2. The molecule has 0 radical (unpaired) electrons. The molecule has 25 heavy (non-hydrogen) atoms. The van der Waals surface area contributed by atoms with Crippen LogP contribution in [-0.2, 0) is 19.6 Å². The number of nitrogens with one attached hydrogen (secondary N) is 2. The van der Waals surface area contributed by atoms with Gasteiger partial charge in [0.25, 0.3) is 5.91 Å². The first kappa shape index (κ1) is 17.6. The van der Waals surface area contributed by atoms with E-state index >= 15 is 0 Å². The second-order valence-electron chi connectivity index (χ2n) is 6.42. The minimum atomic E-state index is -0.229. The van der Waals surface area contributed by atoms with Gasteiger partial charge in [0.1, 0.15) is 17.8 Å². The van der Waals surface area contributed by atoms with E-state index in [1.807, 2.05) is 19.2 Å². The van der Waals surface area contributed by atoms with Crippen molar-refractivity contribution in [2.24, 2.45) is 0 Å². The second-order valence-corrected chi connectivity index (χ2v) is 6.42. The molecule has 1 saturated heterocycles. The molecule has 134 valence electrons. The summed E-state index contributed by atoms with van der Waals surface area (Å²) in [6, 6.07) is 6.90. The van der Waals surface area contributed by atoms with E-state index in [1.54, 1.807) is 6.07 Å². The van der Waals surface area contributed by atoms with Crippen molar-refractivity contribution in [1.29, 1.82) is 0 Å². The number of benzene rings is 1. The lowest BCUT2D eigenvalue weighted by molar-refractivity contribution is 0.0950. The summed E-state index contributed by atoms with van der Waals surface area (Å²) in [4.78, 5) is 14.4. The molecular weight excluding hydrogens is 321 g/mol. The molecule has 1 aliphatic heterocycles. The van der Waals surface area contributed by atoms with Crippen LogP contribution < -0.4 is 10.6 Å². The second kappa shape index (κ2) is 8.27. The Hall–Kier alpha value is -2.18. The van der Waals surface area contributed by atoms with Crippen LogP contribution in [0.25, 0.3) is 0 Å². The van der Waals surface area contributed by atoms with E-state index in [-0.39, 0.29) is 18.3 Å². The molecule has 1 aromatic carbocycles. The first-order valence-electron chi connectivity index (χ1n) is 8.65. The minimum absolute atomic E-state index is 0.210. The zero-order valence-corrected chi connectivity index (χ0v) is 14.5. The van der Waals surface area contributed by atoms with Crippen molar-refractivity contribution in [2.45, 2.75) is 32.5 Å². The molecule has 0 spiro atoms. The molecule has 0 saturated carbocycles. The lowest BCUT2D eigenvalue weighted by atomic mass is 10.1. The van der Waals surface area contributed by atoms with Crippen molar-refractivity contribution < 1.29 is 13.6 Å². The van der Waals surface area contributed by atoms with Gasteiger partial charge in [0, 0.05) is 18.7 Å². The van der Waals surface area contributed by atoms with Gasteiger partial charge >= 0.3 is 0 Å². The third-order valence-corrected chi connectivity index (χ3v) is 4.43. The lowest BCUT2D eigenvalue weighted by Crippen LogP contribution is -2.22. The molecule has 0 unspecified atom stereocenters. The number of rotatable bonds is 7. The highest BCUT2D eigenvalue weighted by atomic mass is 19.1. The highest BCUT2D eigenvalue weighted by molar-refractivity contribution is 5.93. The molecule has 0 bridgehead atoms. The van der Waals surface area contributed by atoms with Crippen LogP contribution >= 0.6 is 0 Å². The Bertz CT molecular complexity index is 723. The van der Waals surface area contributed by atoms with Crippen LogP contribution in [0.3, 0.4) is 0 Å². The molecule has 1 amide bonds. The van der Waals surface area contributed by atoms with Gasteiger partial charge in [-0.05, 0) is 50.7 Å². The van der Waals surface area contributed by atoms with Crippen LogP contribution in [0.5, 0.6) is 0 Å². The minimum Gasteiger partial charge on any atom is -0.467 e. The Morgan fingerprint density at radius 2 is 2.04 bits per heavy atom. The Kier molecular flexibility index (Phi) is 5.83. The van der Waals surface area contributed by atoms with Crippen molar-refractivity contribution in [3.05, 3.63) is 58.8 Å².